The third-order valence-corrected chi connectivity index (χ3v) is 4.40. The molecule has 2 aliphatic heterocycles. The van der Waals surface area contributed by atoms with Crippen LogP contribution in [0.15, 0.2) is 18.2 Å². The summed E-state index contributed by atoms with van der Waals surface area (Å²) >= 11 is 12.0. The normalized spacial score (nSPS) is 28.5. The fourth-order valence-electron chi connectivity index (χ4n) is 2.75. The van der Waals surface area contributed by atoms with E-state index < -0.39 is 0 Å². The first kappa shape index (κ1) is 10.7. The summed E-state index contributed by atoms with van der Waals surface area (Å²) in [5.41, 5.74) is 1.20. The highest BCUT2D eigenvalue weighted by Gasteiger charge is 2.36. The molecule has 0 radical (unpaired) electrons. The monoisotopic (exact) mass is 256 g/mol. The summed E-state index contributed by atoms with van der Waals surface area (Å²) in [6.07, 6.45) is 0. The molecular formula is C12H14Cl2N2. The first-order chi connectivity index (χ1) is 7.74. The number of nitrogens with zero attached hydrogens (tertiary/aromatic N) is 1. The molecule has 4 heteroatoms. The zero-order valence-electron chi connectivity index (χ0n) is 8.92. The molecule has 16 heavy (non-hydrogen) atoms. The Bertz CT molecular complexity index is 396. The van der Waals surface area contributed by atoms with E-state index in [9.17, 15) is 0 Å². The Morgan fingerprint density at radius 2 is 1.75 bits per heavy atom. The van der Waals surface area contributed by atoms with Crippen molar-refractivity contribution < 1.29 is 0 Å². The fraction of sp³-hybridized carbons (Fsp3) is 0.500. The number of benzene rings is 1. The standard InChI is InChI=1S/C12H14Cl2N2/c13-11-2-1-10(3-12(11)14)16-6-8-4-15-5-9(8)7-16/h1-3,8-9,15H,4-7H2. The summed E-state index contributed by atoms with van der Waals surface area (Å²) < 4.78 is 0. The number of rotatable bonds is 1. The molecule has 1 aromatic rings. The lowest BCUT2D eigenvalue weighted by Gasteiger charge is -2.20. The second-order valence-electron chi connectivity index (χ2n) is 4.68. The molecule has 0 bridgehead atoms. The summed E-state index contributed by atoms with van der Waals surface area (Å²) in [5.74, 6) is 1.60. The van der Waals surface area contributed by atoms with E-state index in [2.05, 4.69) is 16.3 Å². The minimum absolute atomic E-state index is 0.631. The van der Waals surface area contributed by atoms with Crippen molar-refractivity contribution in [2.75, 3.05) is 31.1 Å². The molecule has 2 fully saturated rings. The Morgan fingerprint density at radius 3 is 2.38 bits per heavy atom. The molecule has 1 aromatic carbocycles. The second kappa shape index (κ2) is 4.10. The maximum atomic E-state index is 6.04. The molecule has 2 atom stereocenters. The van der Waals surface area contributed by atoms with Crippen molar-refractivity contribution in [3.8, 4) is 0 Å². The van der Waals surface area contributed by atoms with Gasteiger partial charge in [-0.1, -0.05) is 23.2 Å². The van der Waals surface area contributed by atoms with Crippen LogP contribution in [-0.2, 0) is 0 Å². The van der Waals surface area contributed by atoms with Crippen molar-refractivity contribution in [1.29, 1.82) is 0 Å². The number of fused-ring (bicyclic) bond motifs is 1. The van der Waals surface area contributed by atoms with Crippen LogP contribution >= 0.6 is 23.2 Å². The zero-order chi connectivity index (χ0) is 11.1. The summed E-state index contributed by atoms with van der Waals surface area (Å²) in [7, 11) is 0. The minimum atomic E-state index is 0.631. The van der Waals surface area contributed by atoms with Gasteiger partial charge in [-0.25, -0.2) is 0 Å². The summed E-state index contributed by atoms with van der Waals surface area (Å²) in [6.45, 7) is 4.58. The Kier molecular flexibility index (Phi) is 2.74. The topological polar surface area (TPSA) is 15.3 Å². The zero-order valence-corrected chi connectivity index (χ0v) is 10.4. The molecule has 86 valence electrons. The van der Waals surface area contributed by atoms with Gasteiger partial charge < -0.3 is 10.2 Å². The fourth-order valence-corrected chi connectivity index (χ4v) is 3.04. The molecular weight excluding hydrogens is 243 g/mol. The SMILES string of the molecule is Clc1ccc(N2CC3CNCC3C2)cc1Cl. The van der Waals surface area contributed by atoms with E-state index in [1.54, 1.807) is 0 Å². The maximum absolute atomic E-state index is 6.04. The third kappa shape index (κ3) is 1.79. The first-order valence-corrected chi connectivity index (χ1v) is 6.40. The van der Waals surface area contributed by atoms with Crippen LogP contribution < -0.4 is 10.2 Å². The lowest BCUT2D eigenvalue weighted by molar-refractivity contribution is 0.533. The number of halogens is 2. The summed E-state index contributed by atoms with van der Waals surface area (Å²) in [6, 6.07) is 5.91. The Balaban J connectivity index is 1.81. The predicted octanol–water partition coefficient (Wildman–Crippen LogP) is 2.65. The predicted molar refractivity (Wildman–Crippen MR) is 68.5 cm³/mol. The van der Waals surface area contributed by atoms with Gasteiger partial charge in [0.15, 0.2) is 0 Å². The molecule has 2 nitrogen and oxygen atoms in total. The largest absolute Gasteiger partial charge is 0.371 e. The molecule has 0 aromatic heterocycles. The van der Waals surface area contributed by atoms with Crippen LogP contribution in [0.3, 0.4) is 0 Å². The van der Waals surface area contributed by atoms with Gasteiger partial charge in [0.05, 0.1) is 10.0 Å². The lowest BCUT2D eigenvalue weighted by Crippen LogP contribution is -2.25. The number of hydrogen-bond acceptors (Lipinski definition) is 2. The quantitative estimate of drug-likeness (QED) is 0.832. The van der Waals surface area contributed by atoms with Crippen molar-refractivity contribution >= 4 is 28.9 Å². The van der Waals surface area contributed by atoms with Gasteiger partial charge in [-0.3, -0.25) is 0 Å². The van der Waals surface area contributed by atoms with Crippen molar-refractivity contribution in [2.24, 2.45) is 11.8 Å². The second-order valence-corrected chi connectivity index (χ2v) is 5.50. The van der Waals surface area contributed by atoms with Gasteiger partial charge >= 0.3 is 0 Å². The van der Waals surface area contributed by atoms with Crippen molar-refractivity contribution in [1.82, 2.24) is 5.32 Å². The van der Waals surface area contributed by atoms with Gasteiger partial charge in [-0.05, 0) is 30.0 Å². The van der Waals surface area contributed by atoms with E-state index in [1.165, 1.54) is 5.69 Å². The molecule has 2 heterocycles. The van der Waals surface area contributed by atoms with Crippen LogP contribution in [0.4, 0.5) is 5.69 Å². The molecule has 0 amide bonds. The van der Waals surface area contributed by atoms with Gasteiger partial charge in [-0.15, -0.1) is 0 Å². The average molecular weight is 257 g/mol. The molecule has 3 rings (SSSR count). The molecule has 2 aliphatic rings. The third-order valence-electron chi connectivity index (χ3n) is 3.66. The van der Waals surface area contributed by atoms with Crippen molar-refractivity contribution in [2.45, 2.75) is 0 Å². The van der Waals surface area contributed by atoms with Crippen LogP contribution in [0.2, 0.25) is 10.0 Å². The minimum Gasteiger partial charge on any atom is -0.371 e. The van der Waals surface area contributed by atoms with E-state index in [-0.39, 0.29) is 0 Å². The van der Waals surface area contributed by atoms with E-state index >= 15 is 0 Å². The molecule has 1 N–H and O–H groups in total. The highest BCUT2D eigenvalue weighted by molar-refractivity contribution is 6.42. The van der Waals surface area contributed by atoms with Gasteiger partial charge in [0, 0.05) is 31.9 Å². The van der Waals surface area contributed by atoms with Crippen molar-refractivity contribution in [3.63, 3.8) is 0 Å². The van der Waals surface area contributed by atoms with Crippen molar-refractivity contribution in [3.05, 3.63) is 28.2 Å². The molecule has 0 saturated carbocycles. The van der Waals surface area contributed by atoms with Crippen LogP contribution in [0.5, 0.6) is 0 Å². The average Bonchev–Trinajstić information content (AvgIpc) is 2.81. The van der Waals surface area contributed by atoms with E-state index in [4.69, 9.17) is 23.2 Å². The first-order valence-electron chi connectivity index (χ1n) is 5.65. The summed E-state index contributed by atoms with van der Waals surface area (Å²) in [4.78, 5) is 2.42. The Labute approximate surface area is 106 Å². The number of nitrogens with one attached hydrogen (secondary N) is 1. The Morgan fingerprint density at radius 1 is 1.06 bits per heavy atom. The van der Waals surface area contributed by atoms with Gasteiger partial charge in [0.2, 0.25) is 0 Å². The van der Waals surface area contributed by atoms with Crippen LogP contribution in [-0.4, -0.2) is 26.2 Å². The Hall–Kier alpha value is -0.440. The maximum Gasteiger partial charge on any atom is 0.0612 e. The smallest absolute Gasteiger partial charge is 0.0612 e. The molecule has 0 spiro atoms. The number of anilines is 1. The molecule has 2 unspecified atom stereocenters. The summed E-state index contributed by atoms with van der Waals surface area (Å²) in [5, 5.41) is 4.72. The van der Waals surface area contributed by atoms with E-state index in [0.717, 1.165) is 38.0 Å². The lowest BCUT2D eigenvalue weighted by atomic mass is 10.0. The van der Waals surface area contributed by atoms with Crippen LogP contribution in [0.1, 0.15) is 0 Å². The van der Waals surface area contributed by atoms with Crippen LogP contribution in [0, 0.1) is 11.8 Å². The van der Waals surface area contributed by atoms with E-state index in [1.807, 2.05) is 12.1 Å². The molecule has 0 aliphatic carbocycles. The highest BCUT2D eigenvalue weighted by atomic mass is 35.5. The van der Waals surface area contributed by atoms with Crippen LogP contribution in [0.25, 0.3) is 0 Å². The van der Waals surface area contributed by atoms with Gasteiger partial charge in [-0.2, -0.15) is 0 Å². The molecule has 2 saturated heterocycles. The van der Waals surface area contributed by atoms with Gasteiger partial charge in [0.25, 0.3) is 0 Å². The van der Waals surface area contributed by atoms with E-state index in [0.29, 0.717) is 10.0 Å². The van der Waals surface area contributed by atoms with Gasteiger partial charge in [0.1, 0.15) is 0 Å². The highest BCUT2D eigenvalue weighted by Crippen LogP contribution is 2.33. The number of hydrogen-bond donors (Lipinski definition) is 1.